The Bertz CT molecular complexity index is 2950. The molecule has 0 fully saturated rings. The van der Waals surface area contributed by atoms with Gasteiger partial charge in [-0.15, -0.1) is 11.8 Å². The summed E-state index contributed by atoms with van der Waals surface area (Å²) in [5.41, 5.74) is 15.7. The molecule has 274 valence electrons. The number of thioether (sulfide) groups is 1. The zero-order valence-corrected chi connectivity index (χ0v) is 33.3. The van der Waals surface area contributed by atoms with Crippen molar-refractivity contribution in [1.82, 2.24) is 14.1 Å². The quantitative estimate of drug-likeness (QED) is 0.163. The van der Waals surface area contributed by atoms with Crippen molar-refractivity contribution in [3.05, 3.63) is 185 Å². The highest BCUT2D eigenvalue weighted by Crippen LogP contribution is 2.41. The van der Waals surface area contributed by atoms with E-state index in [0.29, 0.717) is 5.92 Å². The minimum atomic E-state index is 0.138. The van der Waals surface area contributed by atoms with Gasteiger partial charge in [0.15, 0.2) is 0 Å². The third-order valence-electron chi connectivity index (χ3n) is 11.8. The number of hydrogen-bond acceptors (Lipinski definition) is 3. The minimum absolute atomic E-state index is 0.138. The van der Waals surface area contributed by atoms with Crippen LogP contribution in [0.3, 0.4) is 0 Å². The van der Waals surface area contributed by atoms with Gasteiger partial charge in [-0.05, 0) is 109 Å². The monoisotopic (exact) mass is 744 g/mol. The fourth-order valence-corrected chi connectivity index (χ4v) is 10.2. The molecule has 1 aliphatic rings. The fraction of sp³-hybridized carbons (Fsp3) is 0.176. The Kier molecular flexibility index (Phi) is 8.45. The summed E-state index contributed by atoms with van der Waals surface area (Å²) in [6.07, 6.45) is 1.91. The standard InChI is InChI=1S/C51H44N4S/c1-31(2)37-19-23-45-43(27-37)40-17-12-24-52-50(40)54(45)38-20-21-39-42-25-32(3)18-22-46(42)55(48(39)28-38)47-29-41(33(4)26-34(47)5)51-53-44(30-56-51)49(35-13-8-6-9-14-35)36-15-10-7-11-16-36/h6-29,31,44,49H,30H2,1-5H3/t44-/m0/s1. The van der Waals surface area contributed by atoms with E-state index in [2.05, 4.69) is 177 Å². The second kappa shape index (κ2) is 13.7. The van der Waals surface area contributed by atoms with Crippen LogP contribution in [-0.4, -0.2) is 31.0 Å². The van der Waals surface area contributed by atoms with E-state index < -0.39 is 0 Å². The van der Waals surface area contributed by atoms with Crippen LogP contribution in [0.4, 0.5) is 0 Å². The molecule has 3 aromatic heterocycles. The van der Waals surface area contributed by atoms with Crippen molar-refractivity contribution >= 4 is 60.5 Å². The van der Waals surface area contributed by atoms with Gasteiger partial charge in [-0.2, -0.15) is 0 Å². The number of nitrogens with zero attached hydrogens (tertiary/aromatic N) is 4. The van der Waals surface area contributed by atoms with Crippen LogP contribution in [0.15, 0.2) is 151 Å². The summed E-state index contributed by atoms with van der Waals surface area (Å²) < 4.78 is 4.83. The number of benzene rings is 6. The molecule has 0 unspecified atom stereocenters. The largest absolute Gasteiger partial charge is 0.309 e. The molecule has 0 aliphatic carbocycles. The predicted molar refractivity (Wildman–Crippen MR) is 239 cm³/mol. The molecular weight excluding hydrogens is 701 g/mol. The second-order valence-electron chi connectivity index (χ2n) is 15.8. The van der Waals surface area contributed by atoms with Crippen LogP contribution in [0.2, 0.25) is 0 Å². The lowest BCUT2D eigenvalue weighted by atomic mass is 9.86. The summed E-state index contributed by atoms with van der Waals surface area (Å²) in [6.45, 7) is 11.2. The topological polar surface area (TPSA) is 35.1 Å². The van der Waals surface area contributed by atoms with Crippen LogP contribution < -0.4 is 0 Å². The molecule has 0 saturated heterocycles. The first kappa shape index (κ1) is 34.6. The molecule has 0 amide bonds. The van der Waals surface area contributed by atoms with Crippen molar-refractivity contribution in [1.29, 1.82) is 0 Å². The predicted octanol–water partition coefficient (Wildman–Crippen LogP) is 13.0. The SMILES string of the molecule is Cc1ccc2c(c1)c1ccc(-n3c4ccc(C(C)C)cc4c4cccnc43)cc1n2-c1cc(C2=N[C@H](C(c3ccccc3)c3ccccc3)CS2)c(C)cc1C. The summed E-state index contributed by atoms with van der Waals surface area (Å²) in [5.74, 6) is 1.58. The summed E-state index contributed by atoms with van der Waals surface area (Å²) in [5, 5.41) is 6.04. The van der Waals surface area contributed by atoms with E-state index in [-0.39, 0.29) is 12.0 Å². The molecule has 0 bridgehead atoms. The summed E-state index contributed by atoms with van der Waals surface area (Å²) in [6, 6.07) is 51.7. The number of aryl methyl sites for hydroxylation is 3. The van der Waals surface area contributed by atoms with E-state index in [1.165, 1.54) is 82.7 Å². The molecule has 4 nitrogen and oxygen atoms in total. The smallest absolute Gasteiger partial charge is 0.145 e. The van der Waals surface area contributed by atoms with E-state index in [9.17, 15) is 0 Å². The van der Waals surface area contributed by atoms with Crippen LogP contribution in [0.1, 0.15) is 64.6 Å². The lowest BCUT2D eigenvalue weighted by molar-refractivity contribution is 0.664. The Morgan fingerprint density at radius 2 is 1.30 bits per heavy atom. The first-order valence-corrected chi connectivity index (χ1v) is 20.7. The molecule has 10 rings (SSSR count). The van der Waals surface area contributed by atoms with Crippen molar-refractivity contribution in [3.63, 3.8) is 0 Å². The lowest BCUT2D eigenvalue weighted by Crippen LogP contribution is -2.18. The molecule has 0 radical (unpaired) electrons. The first-order valence-electron chi connectivity index (χ1n) is 19.7. The maximum absolute atomic E-state index is 5.54. The van der Waals surface area contributed by atoms with E-state index in [1.54, 1.807) is 0 Å². The highest BCUT2D eigenvalue weighted by atomic mass is 32.2. The molecule has 9 aromatic rings. The molecule has 1 atom stereocenters. The van der Waals surface area contributed by atoms with Crippen LogP contribution in [0.5, 0.6) is 0 Å². The number of fused-ring (bicyclic) bond motifs is 6. The molecule has 5 heteroatoms. The highest BCUT2D eigenvalue weighted by molar-refractivity contribution is 8.14. The van der Waals surface area contributed by atoms with Gasteiger partial charge in [-0.25, -0.2) is 4.98 Å². The van der Waals surface area contributed by atoms with E-state index >= 15 is 0 Å². The van der Waals surface area contributed by atoms with Crippen LogP contribution in [0.25, 0.3) is 55.1 Å². The normalized spacial score (nSPS) is 14.6. The summed E-state index contributed by atoms with van der Waals surface area (Å²) >= 11 is 1.89. The van der Waals surface area contributed by atoms with Crippen molar-refractivity contribution in [2.24, 2.45) is 4.99 Å². The number of hydrogen-bond donors (Lipinski definition) is 0. The van der Waals surface area contributed by atoms with Crippen LogP contribution >= 0.6 is 11.8 Å². The molecule has 1 aliphatic heterocycles. The number of aromatic nitrogens is 3. The van der Waals surface area contributed by atoms with E-state index in [4.69, 9.17) is 9.98 Å². The average molecular weight is 745 g/mol. The van der Waals surface area contributed by atoms with Gasteiger partial charge in [0.1, 0.15) is 5.65 Å². The molecular formula is C51H44N4S. The summed E-state index contributed by atoms with van der Waals surface area (Å²) in [4.78, 5) is 10.5. The fourth-order valence-electron chi connectivity index (χ4n) is 8.98. The zero-order valence-electron chi connectivity index (χ0n) is 32.5. The average Bonchev–Trinajstić information content (AvgIpc) is 3.91. The molecule has 6 aromatic carbocycles. The Morgan fingerprint density at radius 1 is 0.589 bits per heavy atom. The van der Waals surface area contributed by atoms with Gasteiger partial charge in [-0.1, -0.05) is 104 Å². The Balaban J connectivity index is 1.15. The van der Waals surface area contributed by atoms with Crippen molar-refractivity contribution in [2.75, 3.05) is 5.75 Å². The van der Waals surface area contributed by atoms with E-state index in [0.717, 1.165) is 22.1 Å². The molecule has 0 saturated carbocycles. The second-order valence-corrected chi connectivity index (χ2v) is 16.8. The maximum Gasteiger partial charge on any atom is 0.145 e. The van der Waals surface area contributed by atoms with Gasteiger partial charge in [0.25, 0.3) is 0 Å². The molecule has 0 spiro atoms. The number of pyridine rings is 1. The Labute approximate surface area is 332 Å². The van der Waals surface area contributed by atoms with Crippen molar-refractivity contribution in [2.45, 2.75) is 52.5 Å². The third-order valence-corrected chi connectivity index (χ3v) is 12.9. The molecule has 4 heterocycles. The third kappa shape index (κ3) is 5.67. The number of aliphatic imine (C=N–C) groups is 1. The lowest BCUT2D eigenvalue weighted by Gasteiger charge is -2.22. The van der Waals surface area contributed by atoms with Gasteiger partial charge in [-0.3, -0.25) is 9.56 Å². The van der Waals surface area contributed by atoms with Gasteiger partial charge in [0.2, 0.25) is 0 Å². The first-order chi connectivity index (χ1) is 27.3. The van der Waals surface area contributed by atoms with E-state index in [1.807, 2.05) is 24.0 Å². The van der Waals surface area contributed by atoms with Gasteiger partial charge in [0.05, 0.1) is 27.6 Å². The van der Waals surface area contributed by atoms with Gasteiger partial charge < -0.3 is 4.57 Å². The van der Waals surface area contributed by atoms with Crippen molar-refractivity contribution < 1.29 is 0 Å². The van der Waals surface area contributed by atoms with Gasteiger partial charge in [0, 0.05) is 56.4 Å². The zero-order chi connectivity index (χ0) is 38.1. The maximum atomic E-state index is 5.54. The minimum Gasteiger partial charge on any atom is -0.309 e. The highest BCUT2D eigenvalue weighted by Gasteiger charge is 2.31. The van der Waals surface area contributed by atoms with Crippen LogP contribution in [0, 0.1) is 20.8 Å². The Morgan fingerprint density at radius 3 is 2.05 bits per heavy atom. The summed E-state index contributed by atoms with van der Waals surface area (Å²) in [7, 11) is 0. The van der Waals surface area contributed by atoms with Gasteiger partial charge >= 0.3 is 0 Å². The molecule has 0 N–H and O–H groups in total. The molecule has 56 heavy (non-hydrogen) atoms. The van der Waals surface area contributed by atoms with Crippen molar-refractivity contribution in [3.8, 4) is 11.4 Å². The van der Waals surface area contributed by atoms with Crippen LogP contribution in [-0.2, 0) is 0 Å². The number of rotatable bonds is 7. The Hall–Kier alpha value is -5.91.